The Morgan fingerprint density at radius 2 is 1.60 bits per heavy atom. The van der Waals surface area contributed by atoms with E-state index in [0.717, 1.165) is 30.3 Å². The van der Waals surface area contributed by atoms with Gasteiger partial charge in [-0.25, -0.2) is 0 Å². The molecule has 0 aromatic heterocycles. The van der Waals surface area contributed by atoms with E-state index < -0.39 is 0 Å². The first-order chi connectivity index (χ1) is 14.5. The average Bonchev–Trinajstić information content (AvgIpc) is 2.78. The molecule has 2 aromatic carbocycles. The molecule has 1 aliphatic heterocycles. The van der Waals surface area contributed by atoms with E-state index >= 15 is 0 Å². The maximum Gasteiger partial charge on any atom is 0.224 e. The van der Waals surface area contributed by atoms with E-state index in [1.807, 2.05) is 24.3 Å². The molecule has 1 N–H and O–H groups in total. The minimum Gasteiger partial charge on any atom is -0.493 e. The van der Waals surface area contributed by atoms with Crippen LogP contribution in [0.5, 0.6) is 17.2 Å². The molecule has 6 heteroatoms. The molecule has 0 unspecified atom stereocenters. The summed E-state index contributed by atoms with van der Waals surface area (Å²) in [4.78, 5) is 14.8. The van der Waals surface area contributed by atoms with E-state index in [1.165, 1.54) is 18.5 Å². The molecular formula is C24H32N2O4. The highest BCUT2D eigenvalue weighted by Crippen LogP contribution is 2.38. The van der Waals surface area contributed by atoms with Crippen molar-refractivity contribution in [1.82, 2.24) is 0 Å². The molecule has 162 valence electrons. The van der Waals surface area contributed by atoms with Crippen LogP contribution in [0, 0.1) is 5.92 Å². The Labute approximate surface area is 179 Å². The van der Waals surface area contributed by atoms with Crippen molar-refractivity contribution in [2.45, 2.75) is 32.6 Å². The van der Waals surface area contributed by atoms with Gasteiger partial charge >= 0.3 is 0 Å². The molecule has 0 bridgehead atoms. The molecule has 0 atom stereocenters. The van der Waals surface area contributed by atoms with Gasteiger partial charge in [-0.3, -0.25) is 4.79 Å². The molecule has 1 amide bonds. The molecule has 1 heterocycles. The fourth-order valence-corrected chi connectivity index (χ4v) is 3.78. The highest BCUT2D eigenvalue weighted by atomic mass is 16.5. The lowest BCUT2D eigenvalue weighted by Gasteiger charge is -2.32. The quantitative estimate of drug-likeness (QED) is 0.691. The van der Waals surface area contributed by atoms with E-state index in [-0.39, 0.29) is 5.91 Å². The topological polar surface area (TPSA) is 60.0 Å². The van der Waals surface area contributed by atoms with Gasteiger partial charge in [-0.05, 0) is 67.1 Å². The standard InChI is InChI=1S/C24H32N2O4/c1-17-11-13-26(14-12-17)20-8-6-19(7-9-20)25-23(27)10-5-18-15-21(28-2)24(30-4)22(16-18)29-3/h6-9,15-17H,5,10-14H2,1-4H3,(H,25,27). The SMILES string of the molecule is COc1cc(CCC(=O)Nc2ccc(N3CCC(C)CC3)cc2)cc(OC)c1OC. The van der Waals surface area contributed by atoms with Crippen LogP contribution in [0.1, 0.15) is 31.7 Å². The largest absolute Gasteiger partial charge is 0.493 e. The smallest absolute Gasteiger partial charge is 0.224 e. The Balaban J connectivity index is 1.56. The van der Waals surface area contributed by atoms with Crippen molar-refractivity contribution in [2.24, 2.45) is 5.92 Å². The molecule has 0 radical (unpaired) electrons. The van der Waals surface area contributed by atoms with Crippen molar-refractivity contribution in [3.05, 3.63) is 42.0 Å². The molecule has 1 aliphatic rings. The highest BCUT2D eigenvalue weighted by molar-refractivity contribution is 5.91. The summed E-state index contributed by atoms with van der Waals surface area (Å²) < 4.78 is 16.1. The predicted octanol–water partition coefficient (Wildman–Crippen LogP) is 4.52. The van der Waals surface area contributed by atoms with Crippen molar-refractivity contribution >= 4 is 17.3 Å². The summed E-state index contributed by atoms with van der Waals surface area (Å²) in [7, 11) is 4.74. The summed E-state index contributed by atoms with van der Waals surface area (Å²) in [6.45, 7) is 4.51. The number of aryl methyl sites for hydroxylation is 1. The van der Waals surface area contributed by atoms with Gasteiger partial charge < -0.3 is 24.4 Å². The first kappa shape index (κ1) is 21.8. The van der Waals surface area contributed by atoms with Gasteiger partial charge in [0.2, 0.25) is 11.7 Å². The van der Waals surface area contributed by atoms with Crippen LogP contribution >= 0.6 is 0 Å². The summed E-state index contributed by atoms with van der Waals surface area (Å²) in [6, 6.07) is 11.9. The first-order valence-electron chi connectivity index (χ1n) is 10.5. The maximum atomic E-state index is 12.4. The van der Waals surface area contributed by atoms with E-state index in [1.54, 1.807) is 21.3 Å². The van der Waals surface area contributed by atoms with Crippen LogP contribution in [0.25, 0.3) is 0 Å². The number of hydrogen-bond donors (Lipinski definition) is 1. The Morgan fingerprint density at radius 3 is 2.13 bits per heavy atom. The lowest BCUT2D eigenvalue weighted by Crippen LogP contribution is -2.32. The Bertz CT molecular complexity index is 818. The number of anilines is 2. The number of piperidine rings is 1. The zero-order valence-corrected chi connectivity index (χ0v) is 18.4. The second kappa shape index (κ2) is 10.2. The van der Waals surface area contributed by atoms with E-state index in [9.17, 15) is 4.79 Å². The van der Waals surface area contributed by atoms with Gasteiger partial charge in [0.25, 0.3) is 0 Å². The summed E-state index contributed by atoms with van der Waals surface area (Å²) in [5.41, 5.74) is 2.99. The number of carbonyl (C=O) groups is 1. The van der Waals surface area contributed by atoms with E-state index in [4.69, 9.17) is 14.2 Å². The molecule has 0 saturated carbocycles. The Kier molecular flexibility index (Phi) is 7.44. The summed E-state index contributed by atoms with van der Waals surface area (Å²) in [6.07, 6.45) is 3.41. The number of nitrogens with zero attached hydrogens (tertiary/aromatic N) is 1. The van der Waals surface area contributed by atoms with Crippen molar-refractivity contribution in [3.8, 4) is 17.2 Å². The molecular weight excluding hydrogens is 380 g/mol. The van der Waals surface area contributed by atoms with Crippen LogP contribution in [0.2, 0.25) is 0 Å². The molecule has 1 saturated heterocycles. The number of benzene rings is 2. The van der Waals surface area contributed by atoms with Gasteiger partial charge in [0.05, 0.1) is 21.3 Å². The maximum absolute atomic E-state index is 12.4. The zero-order valence-electron chi connectivity index (χ0n) is 18.4. The minimum atomic E-state index is -0.0247. The highest BCUT2D eigenvalue weighted by Gasteiger charge is 2.16. The fourth-order valence-electron chi connectivity index (χ4n) is 3.78. The number of methoxy groups -OCH3 is 3. The second-order valence-corrected chi connectivity index (χ2v) is 7.80. The van der Waals surface area contributed by atoms with Crippen LogP contribution in [0.15, 0.2) is 36.4 Å². The van der Waals surface area contributed by atoms with Gasteiger partial charge in [-0.1, -0.05) is 6.92 Å². The number of rotatable bonds is 8. The lowest BCUT2D eigenvalue weighted by atomic mass is 9.99. The number of carbonyl (C=O) groups excluding carboxylic acids is 1. The normalized spacial score (nSPS) is 14.3. The number of amides is 1. The monoisotopic (exact) mass is 412 g/mol. The summed E-state index contributed by atoms with van der Waals surface area (Å²) >= 11 is 0. The molecule has 0 spiro atoms. The van der Waals surface area contributed by atoms with E-state index in [0.29, 0.717) is 30.1 Å². The molecule has 0 aliphatic carbocycles. The van der Waals surface area contributed by atoms with Crippen LogP contribution < -0.4 is 24.4 Å². The van der Waals surface area contributed by atoms with Crippen molar-refractivity contribution in [3.63, 3.8) is 0 Å². The zero-order chi connectivity index (χ0) is 21.5. The van der Waals surface area contributed by atoms with E-state index in [2.05, 4.69) is 29.3 Å². The van der Waals surface area contributed by atoms with Crippen molar-refractivity contribution < 1.29 is 19.0 Å². The minimum absolute atomic E-state index is 0.0247. The van der Waals surface area contributed by atoms with Crippen molar-refractivity contribution in [1.29, 1.82) is 0 Å². The third-order valence-electron chi connectivity index (χ3n) is 5.67. The summed E-state index contributed by atoms with van der Waals surface area (Å²) in [5, 5.41) is 2.98. The van der Waals surface area contributed by atoms with Crippen LogP contribution in [-0.2, 0) is 11.2 Å². The first-order valence-corrected chi connectivity index (χ1v) is 10.5. The third kappa shape index (κ3) is 5.38. The van der Waals surface area contributed by atoms with Gasteiger partial charge in [0, 0.05) is 30.9 Å². The van der Waals surface area contributed by atoms with Gasteiger partial charge in [-0.15, -0.1) is 0 Å². The second-order valence-electron chi connectivity index (χ2n) is 7.80. The fraction of sp³-hybridized carbons (Fsp3) is 0.458. The molecule has 6 nitrogen and oxygen atoms in total. The van der Waals surface area contributed by atoms with Gasteiger partial charge in [0.1, 0.15) is 0 Å². The Hall–Kier alpha value is -2.89. The summed E-state index contributed by atoms with van der Waals surface area (Å²) in [5.74, 6) is 2.52. The number of nitrogens with one attached hydrogen (secondary N) is 1. The lowest BCUT2D eigenvalue weighted by molar-refractivity contribution is -0.116. The molecule has 1 fully saturated rings. The van der Waals surface area contributed by atoms with Crippen LogP contribution in [0.3, 0.4) is 0 Å². The number of ether oxygens (including phenoxy) is 3. The van der Waals surface area contributed by atoms with Gasteiger partial charge in [0.15, 0.2) is 11.5 Å². The number of hydrogen-bond acceptors (Lipinski definition) is 5. The van der Waals surface area contributed by atoms with Crippen LogP contribution in [0.4, 0.5) is 11.4 Å². The average molecular weight is 413 g/mol. The molecule has 3 rings (SSSR count). The van der Waals surface area contributed by atoms with Crippen molar-refractivity contribution in [2.75, 3.05) is 44.6 Å². The van der Waals surface area contributed by atoms with Gasteiger partial charge in [-0.2, -0.15) is 0 Å². The Morgan fingerprint density at radius 1 is 1.00 bits per heavy atom. The van der Waals surface area contributed by atoms with Crippen LogP contribution in [-0.4, -0.2) is 40.3 Å². The third-order valence-corrected chi connectivity index (χ3v) is 5.67. The molecule has 30 heavy (non-hydrogen) atoms. The molecule has 2 aromatic rings. The predicted molar refractivity (Wildman–Crippen MR) is 120 cm³/mol.